The lowest BCUT2D eigenvalue weighted by Crippen LogP contribution is -2.48. The number of hydrazone groups is 1. The Bertz CT molecular complexity index is 751. The molecule has 9 nitrogen and oxygen atoms in total. The van der Waals surface area contributed by atoms with E-state index in [0.29, 0.717) is 23.0 Å². The number of urea groups is 1. The smallest absolute Gasteiger partial charge is 0.335 e. The maximum absolute atomic E-state index is 12.0. The molecule has 0 bridgehead atoms. The van der Waals surface area contributed by atoms with E-state index in [-0.39, 0.29) is 24.6 Å². The van der Waals surface area contributed by atoms with Gasteiger partial charge in [0, 0.05) is 31.7 Å². The summed E-state index contributed by atoms with van der Waals surface area (Å²) in [5, 5.41) is 9.99. The van der Waals surface area contributed by atoms with Gasteiger partial charge < -0.3 is 20.1 Å². The van der Waals surface area contributed by atoms with Gasteiger partial charge in [-0.15, -0.1) is 0 Å². The van der Waals surface area contributed by atoms with E-state index in [1.807, 2.05) is 6.92 Å². The number of carbonyl (C=O) groups excluding carboxylic acids is 2. The first-order valence-corrected chi connectivity index (χ1v) is 9.54. The van der Waals surface area contributed by atoms with Crippen molar-refractivity contribution in [2.75, 3.05) is 46.0 Å². The van der Waals surface area contributed by atoms with Crippen LogP contribution in [0.5, 0.6) is 5.75 Å². The Kier molecular flexibility index (Phi) is 7.07. The zero-order valence-electron chi connectivity index (χ0n) is 15.7. The van der Waals surface area contributed by atoms with Gasteiger partial charge in [-0.1, -0.05) is 11.6 Å². The standard InChI is InChI=1S/C18H24ClN5O4/c1-12-17(22-23-18(26)21-12)13-2-3-15(14(19)10-13)28-11-16(25)20-4-5-24-6-8-27-9-7-24/h2-3,10,12H,4-9,11H2,1H3,(H,20,25)(H2,21,23,26). The number of carbonyl (C=O) groups is 2. The van der Waals surface area contributed by atoms with E-state index < -0.39 is 0 Å². The highest BCUT2D eigenvalue weighted by Crippen LogP contribution is 2.26. The molecule has 2 aliphatic heterocycles. The second kappa shape index (κ2) is 9.72. The fourth-order valence-corrected chi connectivity index (χ4v) is 3.20. The van der Waals surface area contributed by atoms with Crippen molar-refractivity contribution in [3.8, 4) is 5.75 Å². The third kappa shape index (κ3) is 5.57. The molecule has 10 heteroatoms. The second-order valence-corrected chi connectivity index (χ2v) is 6.95. The van der Waals surface area contributed by atoms with Gasteiger partial charge in [0.15, 0.2) is 6.61 Å². The molecule has 1 aromatic carbocycles. The lowest BCUT2D eigenvalue weighted by atomic mass is 10.0. The summed E-state index contributed by atoms with van der Waals surface area (Å²) < 4.78 is 10.8. The number of morpholine rings is 1. The van der Waals surface area contributed by atoms with Crippen molar-refractivity contribution in [1.29, 1.82) is 0 Å². The molecule has 0 aromatic heterocycles. The highest BCUT2D eigenvalue weighted by atomic mass is 35.5. The van der Waals surface area contributed by atoms with E-state index in [1.165, 1.54) is 0 Å². The Morgan fingerprint density at radius 3 is 2.93 bits per heavy atom. The molecular weight excluding hydrogens is 386 g/mol. The van der Waals surface area contributed by atoms with Crippen LogP contribution in [0.4, 0.5) is 4.79 Å². The van der Waals surface area contributed by atoms with Crippen LogP contribution in [-0.2, 0) is 9.53 Å². The van der Waals surface area contributed by atoms with Gasteiger partial charge in [0.25, 0.3) is 5.91 Å². The maximum Gasteiger partial charge on any atom is 0.335 e. The quantitative estimate of drug-likeness (QED) is 0.611. The van der Waals surface area contributed by atoms with E-state index in [0.717, 1.165) is 38.4 Å². The molecule has 3 amide bonds. The van der Waals surface area contributed by atoms with Gasteiger partial charge in [0.05, 0.1) is 30.0 Å². The molecule has 1 unspecified atom stereocenters. The fraction of sp³-hybridized carbons (Fsp3) is 0.500. The predicted octanol–water partition coefficient (Wildman–Crippen LogP) is 0.573. The van der Waals surface area contributed by atoms with Crippen LogP contribution in [0, 0.1) is 0 Å². The molecule has 2 aliphatic rings. The minimum Gasteiger partial charge on any atom is -0.482 e. The fourth-order valence-electron chi connectivity index (χ4n) is 2.97. The molecular formula is C18H24ClN5O4. The average molecular weight is 410 g/mol. The summed E-state index contributed by atoms with van der Waals surface area (Å²) in [6.07, 6.45) is 0. The van der Waals surface area contributed by atoms with E-state index in [2.05, 4.69) is 26.1 Å². The zero-order valence-corrected chi connectivity index (χ0v) is 16.4. The molecule has 152 valence electrons. The van der Waals surface area contributed by atoms with E-state index in [1.54, 1.807) is 18.2 Å². The van der Waals surface area contributed by atoms with Crippen LogP contribution in [-0.4, -0.2) is 74.6 Å². The lowest BCUT2D eigenvalue weighted by molar-refractivity contribution is -0.123. The number of amides is 3. The molecule has 0 aliphatic carbocycles. The number of hydrogen-bond donors (Lipinski definition) is 3. The molecule has 28 heavy (non-hydrogen) atoms. The monoisotopic (exact) mass is 409 g/mol. The normalized spacial score (nSPS) is 20.0. The summed E-state index contributed by atoms with van der Waals surface area (Å²) in [6, 6.07) is 4.58. The number of halogens is 1. The number of ether oxygens (including phenoxy) is 2. The molecule has 0 spiro atoms. The largest absolute Gasteiger partial charge is 0.482 e. The van der Waals surface area contributed by atoms with Crippen molar-refractivity contribution in [3.63, 3.8) is 0 Å². The Labute approximate surface area is 168 Å². The molecule has 0 saturated carbocycles. The average Bonchev–Trinajstić information content (AvgIpc) is 2.68. The molecule has 3 rings (SSSR count). The van der Waals surface area contributed by atoms with Crippen LogP contribution in [0.1, 0.15) is 12.5 Å². The summed E-state index contributed by atoms with van der Waals surface area (Å²) in [7, 11) is 0. The third-order valence-corrected chi connectivity index (χ3v) is 4.77. The molecule has 1 fully saturated rings. The molecule has 1 saturated heterocycles. The number of nitrogens with one attached hydrogen (secondary N) is 3. The van der Waals surface area contributed by atoms with Gasteiger partial charge in [-0.2, -0.15) is 5.10 Å². The number of nitrogens with zero attached hydrogens (tertiary/aromatic N) is 2. The summed E-state index contributed by atoms with van der Waals surface area (Å²) in [5.74, 6) is 0.209. The van der Waals surface area contributed by atoms with Crippen LogP contribution >= 0.6 is 11.6 Å². The van der Waals surface area contributed by atoms with Gasteiger partial charge >= 0.3 is 6.03 Å². The third-order valence-electron chi connectivity index (χ3n) is 4.48. The van der Waals surface area contributed by atoms with E-state index in [9.17, 15) is 9.59 Å². The highest BCUT2D eigenvalue weighted by Gasteiger charge is 2.21. The van der Waals surface area contributed by atoms with Gasteiger partial charge in [0.1, 0.15) is 5.75 Å². The SMILES string of the molecule is CC1NC(=O)NN=C1c1ccc(OCC(=O)NCCN2CCOCC2)c(Cl)c1. The highest BCUT2D eigenvalue weighted by molar-refractivity contribution is 6.32. The van der Waals surface area contributed by atoms with Crippen molar-refractivity contribution in [2.24, 2.45) is 5.10 Å². The van der Waals surface area contributed by atoms with Crippen LogP contribution in [0.2, 0.25) is 5.02 Å². The molecule has 1 aromatic rings. The minimum absolute atomic E-state index is 0.114. The van der Waals surface area contributed by atoms with Crippen LogP contribution < -0.4 is 20.8 Å². The lowest BCUT2D eigenvalue weighted by Gasteiger charge is -2.26. The molecule has 3 N–H and O–H groups in total. The predicted molar refractivity (Wildman–Crippen MR) is 105 cm³/mol. The van der Waals surface area contributed by atoms with Crippen LogP contribution in [0.25, 0.3) is 0 Å². The van der Waals surface area contributed by atoms with Gasteiger partial charge in [-0.25, -0.2) is 10.2 Å². The zero-order chi connectivity index (χ0) is 19.9. The van der Waals surface area contributed by atoms with Crippen LogP contribution in [0.3, 0.4) is 0 Å². The first-order chi connectivity index (χ1) is 13.5. The van der Waals surface area contributed by atoms with Crippen molar-refractivity contribution >= 4 is 29.3 Å². The Morgan fingerprint density at radius 1 is 1.43 bits per heavy atom. The van der Waals surface area contributed by atoms with Crippen molar-refractivity contribution in [2.45, 2.75) is 13.0 Å². The summed E-state index contributed by atoms with van der Waals surface area (Å²) >= 11 is 6.28. The summed E-state index contributed by atoms with van der Waals surface area (Å²) in [4.78, 5) is 25.5. The van der Waals surface area contributed by atoms with Gasteiger partial charge in [-0.05, 0) is 25.1 Å². The van der Waals surface area contributed by atoms with Gasteiger partial charge in [0.2, 0.25) is 0 Å². The number of benzene rings is 1. The van der Waals surface area contributed by atoms with Crippen molar-refractivity contribution < 1.29 is 19.1 Å². The number of hydrogen-bond acceptors (Lipinski definition) is 6. The first kappa shape index (κ1) is 20.4. The maximum atomic E-state index is 12.0. The van der Waals surface area contributed by atoms with Crippen molar-refractivity contribution in [1.82, 2.24) is 21.0 Å². The molecule has 2 heterocycles. The van der Waals surface area contributed by atoms with Gasteiger partial charge in [-0.3, -0.25) is 9.69 Å². The minimum atomic E-state index is -0.345. The first-order valence-electron chi connectivity index (χ1n) is 9.16. The second-order valence-electron chi connectivity index (χ2n) is 6.54. The molecule has 1 atom stereocenters. The topological polar surface area (TPSA) is 104 Å². The summed E-state index contributed by atoms with van der Waals surface area (Å²) in [5.41, 5.74) is 3.80. The summed E-state index contributed by atoms with van der Waals surface area (Å²) in [6.45, 7) is 6.31. The Balaban J connectivity index is 1.46. The Hall–Kier alpha value is -2.36. The number of rotatable bonds is 7. The van der Waals surface area contributed by atoms with Crippen molar-refractivity contribution in [3.05, 3.63) is 28.8 Å². The Morgan fingerprint density at radius 2 is 2.21 bits per heavy atom. The van der Waals surface area contributed by atoms with E-state index >= 15 is 0 Å². The van der Waals surface area contributed by atoms with E-state index in [4.69, 9.17) is 21.1 Å². The molecule has 0 radical (unpaired) electrons. The van der Waals surface area contributed by atoms with Crippen LogP contribution in [0.15, 0.2) is 23.3 Å².